The Labute approximate surface area is 248 Å². The van der Waals surface area contributed by atoms with Crippen LogP contribution < -0.4 is 19.7 Å². The lowest BCUT2D eigenvalue weighted by Crippen LogP contribution is -2.29. The average Bonchev–Trinajstić information content (AvgIpc) is 3.40. The van der Waals surface area contributed by atoms with E-state index in [1.165, 1.54) is 7.11 Å². The van der Waals surface area contributed by atoms with Crippen LogP contribution in [0.15, 0.2) is 66.9 Å². The maximum absolute atomic E-state index is 11.9. The molecule has 208 valence electrons. The highest BCUT2D eigenvalue weighted by Gasteiger charge is 2.42. The molecular weight excluding hydrogens is 589 g/mol. The molecule has 1 saturated heterocycles. The second-order valence-corrected chi connectivity index (χ2v) is 12.4. The number of pyridine rings is 1. The summed E-state index contributed by atoms with van der Waals surface area (Å²) < 4.78 is 33.9. The van der Waals surface area contributed by atoms with Gasteiger partial charge >= 0.3 is 0 Å². The fourth-order valence-electron chi connectivity index (χ4n) is 5.19. The zero-order valence-corrected chi connectivity index (χ0v) is 25.3. The average molecular weight is 617 g/mol. The summed E-state index contributed by atoms with van der Waals surface area (Å²) in [7, 11) is -2.01. The van der Waals surface area contributed by atoms with Crippen LogP contribution in [0, 0.1) is 13.8 Å². The molecular formula is C28H27Cl2N5O3S2. The van der Waals surface area contributed by atoms with Gasteiger partial charge in [-0.1, -0.05) is 35.3 Å². The van der Waals surface area contributed by atoms with E-state index in [4.69, 9.17) is 40.2 Å². The number of halogens is 2. The molecule has 5 rings (SSSR count). The molecule has 0 amide bonds. The second kappa shape index (κ2) is 10.9. The Kier molecular flexibility index (Phi) is 7.71. The van der Waals surface area contributed by atoms with E-state index in [9.17, 15) is 8.42 Å². The van der Waals surface area contributed by atoms with Crippen LogP contribution in [0.5, 0.6) is 5.75 Å². The summed E-state index contributed by atoms with van der Waals surface area (Å²) >= 11 is 18.9. The van der Waals surface area contributed by atoms with Gasteiger partial charge < -0.3 is 19.5 Å². The Bertz CT molecular complexity index is 1710. The van der Waals surface area contributed by atoms with Crippen LogP contribution in [-0.2, 0) is 10.0 Å². The maximum atomic E-state index is 11.9. The topological polar surface area (TPSA) is 88.5 Å². The van der Waals surface area contributed by atoms with Gasteiger partial charge in [0.1, 0.15) is 5.75 Å². The fourth-order valence-corrected chi connectivity index (χ4v) is 6.48. The van der Waals surface area contributed by atoms with Crippen molar-refractivity contribution in [3.05, 3.63) is 99.6 Å². The standard InChI is InChI=1S/C28H27Cl2N5O3S2/c1-16-14-19(17(2)34(16)23-10-7-8-20(29)25(23)30)27-26(22-9-5-6-13-31-22)32-28(39)35(27)18-11-12-21(24(15-18)38-3)33-40(4,36)37/h5-15,26-27,33H,1-4H3,(H,32,39)/t26-,27-/m0/s1. The third-order valence-corrected chi connectivity index (χ3v) is 8.53. The summed E-state index contributed by atoms with van der Waals surface area (Å²) in [5, 5.41) is 4.90. The molecule has 8 nitrogen and oxygen atoms in total. The summed E-state index contributed by atoms with van der Waals surface area (Å²) in [6, 6.07) is 18.1. The minimum absolute atomic E-state index is 0.280. The Morgan fingerprint density at radius 3 is 2.52 bits per heavy atom. The van der Waals surface area contributed by atoms with Crippen LogP contribution >= 0.6 is 35.4 Å². The van der Waals surface area contributed by atoms with Crippen LogP contribution in [0.3, 0.4) is 0 Å². The summed E-state index contributed by atoms with van der Waals surface area (Å²) in [4.78, 5) is 6.64. The molecule has 2 aromatic heterocycles. The number of sulfonamides is 1. The van der Waals surface area contributed by atoms with Gasteiger partial charge in [-0.3, -0.25) is 9.71 Å². The highest BCUT2D eigenvalue weighted by atomic mass is 35.5. The monoisotopic (exact) mass is 615 g/mol. The van der Waals surface area contributed by atoms with Gasteiger partial charge in [-0.2, -0.15) is 0 Å². The summed E-state index contributed by atoms with van der Waals surface area (Å²) in [5.74, 6) is 0.363. The van der Waals surface area contributed by atoms with Crippen LogP contribution in [0.2, 0.25) is 10.0 Å². The molecule has 2 atom stereocenters. The van der Waals surface area contributed by atoms with Crippen molar-refractivity contribution in [3.63, 3.8) is 0 Å². The van der Waals surface area contributed by atoms with E-state index in [0.717, 1.165) is 40.3 Å². The van der Waals surface area contributed by atoms with Crippen molar-refractivity contribution in [2.75, 3.05) is 23.0 Å². The number of methoxy groups -OCH3 is 1. The molecule has 0 bridgehead atoms. The van der Waals surface area contributed by atoms with Gasteiger partial charge in [-0.15, -0.1) is 0 Å². The molecule has 0 unspecified atom stereocenters. The van der Waals surface area contributed by atoms with E-state index in [1.54, 1.807) is 24.4 Å². The van der Waals surface area contributed by atoms with Crippen molar-refractivity contribution in [1.82, 2.24) is 14.9 Å². The van der Waals surface area contributed by atoms with E-state index in [0.29, 0.717) is 26.6 Å². The van der Waals surface area contributed by atoms with E-state index in [1.807, 2.05) is 55.1 Å². The molecule has 40 heavy (non-hydrogen) atoms. The van der Waals surface area contributed by atoms with E-state index < -0.39 is 10.0 Å². The molecule has 1 fully saturated rings. The number of nitrogens with zero attached hydrogens (tertiary/aromatic N) is 3. The molecule has 4 aromatic rings. The van der Waals surface area contributed by atoms with Gasteiger partial charge in [0.2, 0.25) is 10.0 Å². The molecule has 2 N–H and O–H groups in total. The van der Waals surface area contributed by atoms with E-state index in [2.05, 4.69) is 25.7 Å². The second-order valence-electron chi connectivity index (χ2n) is 9.49. The lowest BCUT2D eigenvalue weighted by Gasteiger charge is -2.29. The predicted molar refractivity (Wildman–Crippen MR) is 165 cm³/mol. The minimum atomic E-state index is -3.50. The number of rotatable bonds is 7. The number of aryl methyl sites for hydroxylation is 1. The van der Waals surface area contributed by atoms with Crippen molar-refractivity contribution >= 4 is 61.9 Å². The van der Waals surface area contributed by atoms with Crippen LogP contribution in [-0.4, -0.2) is 36.4 Å². The Morgan fingerprint density at radius 2 is 1.85 bits per heavy atom. The highest BCUT2D eigenvalue weighted by molar-refractivity contribution is 7.92. The van der Waals surface area contributed by atoms with Crippen LogP contribution in [0.1, 0.15) is 34.7 Å². The highest BCUT2D eigenvalue weighted by Crippen LogP contribution is 2.45. The number of nitrogens with one attached hydrogen (secondary N) is 2. The number of ether oxygens (including phenoxy) is 1. The van der Waals surface area contributed by atoms with Gasteiger partial charge in [0.05, 0.1) is 52.6 Å². The maximum Gasteiger partial charge on any atom is 0.229 e. The lowest BCUT2D eigenvalue weighted by molar-refractivity contribution is 0.417. The van der Waals surface area contributed by atoms with Crippen molar-refractivity contribution in [2.24, 2.45) is 0 Å². The molecule has 1 aliphatic rings. The first-order valence-electron chi connectivity index (χ1n) is 12.3. The first-order chi connectivity index (χ1) is 19.0. The molecule has 12 heteroatoms. The van der Waals surface area contributed by atoms with Crippen molar-refractivity contribution < 1.29 is 13.2 Å². The largest absolute Gasteiger partial charge is 0.494 e. The van der Waals surface area contributed by atoms with Crippen molar-refractivity contribution in [3.8, 4) is 11.4 Å². The number of benzene rings is 2. The van der Waals surface area contributed by atoms with E-state index >= 15 is 0 Å². The molecule has 0 aliphatic carbocycles. The van der Waals surface area contributed by atoms with Gasteiger partial charge in [0.15, 0.2) is 5.11 Å². The zero-order valence-electron chi connectivity index (χ0n) is 22.1. The smallest absolute Gasteiger partial charge is 0.229 e. The van der Waals surface area contributed by atoms with Crippen molar-refractivity contribution in [1.29, 1.82) is 0 Å². The molecule has 0 saturated carbocycles. The quantitative estimate of drug-likeness (QED) is 0.234. The Hall–Kier alpha value is -3.31. The molecule has 3 heterocycles. The Balaban J connectivity index is 1.68. The summed E-state index contributed by atoms with van der Waals surface area (Å²) in [6.07, 6.45) is 2.85. The Morgan fingerprint density at radius 1 is 1.07 bits per heavy atom. The SMILES string of the molecule is COc1cc(N2C(=S)N[C@@H](c3ccccn3)[C@@H]2c2cc(C)n(-c3cccc(Cl)c3Cl)c2C)ccc1NS(C)(=O)=O. The van der Waals surface area contributed by atoms with Gasteiger partial charge in [0.25, 0.3) is 0 Å². The third-order valence-electron chi connectivity index (χ3n) is 6.82. The van der Waals surface area contributed by atoms with Crippen LogP contribution in [0.4, 0.5) is 11.4 Å². The molecule has 0 spiro atoms. The van der Waals surface area contributed by atoms with E-state index in [-0.39, 0.29) is 12.1 Å². The lowest BCUT2D eigenvalue weighted by atomic mass is 9.96. The number of thiocarbonyl (C=S) groups is 1. The van der Waals surface area contributed by atoms with Crippen molar-refractivity contribution in [2.45, 2.75) is 25.9 Å². The number of hydrogen-bond acceptors (Lipinski definition) is 5. The van der Waals surface area contributed by atoms with Gasteiger partial charge in [0, 0.05) is 29.3 Å². The number of hydrogen-bond donors (Lipinski definition) is 2. The number of anilines is 2. The summed E-state index contributed by atoms with van der Waals surface area (Å²) in [6.45, 7) is 4.05. The first kappa shape index (κ1) is 28.2. The van der Waals surface area contributed by atoms with Gasteiger partial charge in [-0.25, -0.2) is 8.42 Å². The number of aromatic nitrogens is 2. The zero-order chi connectivity index (χ0) is 28.8. The normalized spacial score (nSPS) is 17.1. The third kappa shape index (κ3) is 5.24. The minimum Gasteiger partial charge on any atom is -0.494 e. The summed E-state index contributed by atoms with van der Waals surface area (Å²) in [5.41, 5.74) is 5.61. The molecule has 2 aromatic carbocycles. The molecule has 0 radical (unpaired) electrons. The molecule has 1 aliphatic heterocycles. The van der Waals surface area contributed by atoms with Gasteiger partial charge in [-0.05, 0) is 74.1 Å². The first-order valence-corrected chi connectivity index (χ1v) is 15.4. The predicted octanol–water partition coefficient (Wildman–Crippen LogP) is 6.35. The fraction of sp³-hybridized carbons (Fsp3) is 0.214. The van der Waals surface area contributed by atoms with Crippen LogP contribution in [0.25, 0.3) is 5.69 Å².